The normalized spacial score (nSPS) is 13.1. The van der Waals surface area contributed by atoms with Crippen molar-refractivity contribution in [2.75, 3.05) is 13.6 Å². The Balaban J connectivity index is 0.00000243. The van der Waals surface area contributed by atoms with Gasteiger partial charge in [-0.2, -0.15) is 11.3 Å². The van der Waals surface area contributed by atoms with Crippen LogP contribution in [0.4, 0.5) is 0 Å². The zero-order valence-corrected chi connectivity index (χ0v) is 18.1. The summed E-state index contributed by atoms with van der Waals surface area (Å²) < 4.78 is 0. The molecule has 5 nitrogen and oxygen atoms in total. The molecule has 0 unspecified atom stereocenters. The molecule has 140 valence electrons. The lowest BCUT2D eigenvalue weighted by Crippen LogP contribution is -2.37. The van der Waals surface area contributed by atoms with E-state index in [0.717, 1.165) is 38.6 Å². The number of rotatable bonds is 6. The third-order valence-corrected chi connectivity index (χ3v) is 5.05. The average molecular weight is 484 g/mol. The molecule has 1 aromatic carbocycles. The fourth-order valence-corrected chi connectivity index (χ4v) is 3.58. The van der Waals surface area contributed by atoms with Gasteiger partial charge in [-0.15, -0.1) is 24.0 Å². The van der Waals surface area contributed by atoms with Gasteiger partial charge in [-0.1, -0.05) is 24.3 Å². The maximum absolute atomic E-state index is 12.4. The standard InChI is InChI=1S/C19H24N4OS.HI/c1-20-19(22-11-15-8-10-25-14-15)21-9-4-7-18(24)23-12-16-5-2-3-6-17(16)13-23;/h2-3,5-6,8,10,14H,4,7,9,11-13H2,1H3,(H2,20,21,22);1H. The Kier molecular flexibility index (Phi) is 8.37. The van der Waals surface area contributed by atoms with Crippen LogP contribution in [0, 0.1) is 0 Å². The third kappa shape index (κ3) is 5.70. The first-order chi connectivity index (χ1) is 12.3. The van der Waals surface area contributed by atoms with Crippen LogP contribution in [-0.2, 0) is 24.4 Å². The van der Waals surface area contributed by atoms with E-state index in [-0.39, 0.29) is 29.9 Å². The van der Waals surface area contributed by atoms with Gasteiger partial charge in [-0.3, -0.25) is 9.79 Å². The van der Waals surface area contributed by atoms with Crippen LogP contribution in [0.1, 0.15) is 29.5 Å². The summed E-state index contributed by atoms with van der Waals surface area (Å²) in [4.78, 5) is 18.5. The number of hydrogen-bond acceptors (Lipinski definition) is 3. The van der Waals surface area contributed by atoms with Crippen LogP contribution in [0.2, 0.25) is 0 Å². The van der Waals surface area contributed by atoms with Gasteiger partial charge in [0.25, 0.3) is 0 Å². The van der Waals surface area contributed by atoms with Crippen LogP contribution in [0.5, 0.6) is 0 Å². The van der Waals surface area contributed by atoms with Gasteiger partial charge in [0.15, 0.2) is 5.96 Å². The first-order valence-electron chi connectivity index (χ1n) is 8.56. The van der Waals surface area contributed by atoms with E-state index < -0.39 is 0 Å². The van der Waals surface area contributed by atoms with Crippen LogP contribution in [0.3, 0.4) is 0 Å². The van der Waals surface area contributed by atoms with Gasteiger partial charge in [0.05, 0.1) is 0 Å². The summed E-state index contributed by atoms with van der Waals surface area (Å²) >= 11 is 1.69. The molecule has 0 fully saturated rings. The summed E-state index contributed by atoms with van der Waals surface area (Å²) in [5, 5.41) is 10.7. The van der Waals surface area contributed by atoms with Gasteiger partial charge < -0.3 is 15.5 Å². The largest absolute Gasteiger partial charge is 0.356 e. The van der Waals surface area contributed by atoms with Crippen molar-refractivity contribution in [1.29, 1.82) is 0 Å². The molecule has 0 saturated carbocycles. The predicted octanol–water partition coefficient (Wildman–Crippen LogP) is 3.35. The molecule has 0 radical (unpaired) electrons. The fraction of sp³-hybridized carbons (Fsp3) is 0.368. The number of hydrogen-bond donors (Lipinski definition) is 2. The quantitative estimate of drug-likeness (QED) is 0.286. The number of aliphatic imine (C=N–C) groups is 1. The number of thiophene rings is 1. The molecule has 3 rings (SSSR count). The molecule has 1 aliphatic rings. The highest BCUT2D eigenvalue weighted by atomic mass is 127. The zero-order chi connectivity index (χ0) is 17.5. The Labute approximate surface area is 175 Å². The lowest BCUT2D eigenvalue weighted by molar-refractivity contribution is -0.131. The second-order valence-electron chi connectivity index (χ2n) is 6.11. The minimum absolute atomic E-state index is 0. The molecule has 0 atom stereocenters. The van der Waals surface area contributed by atoms with Gasteiger partial charge in [0.2, 0.25) is 5.91 Å². The van der Waals surface area contributed by atoms with E-state index >= 15 is 0 Å². The van der Waals surface area contributed by atoms with Crippen LogP contribution >= 0.6 is 35.3 Å². The van der Waals surface area contributed by atoms with Crippen molar-refractivity contribution >= 4 is 47.2 Å². The highest BCUT2D eigenvalue weighted by Crippen LogP contribution is 2.22. The number of carbonyl (C=O) groups excluding carboxylic acids is 1. The van der Waals surface area contributed by atoms with Gasteiger partial charge in [0.1, 0.15) is 0 Å². The zero-order valence-electron chi connectivity index (χ0n) is 14.9. The van der Waals surface area contributed by atoms with E-state index in [4.69, 9.17) is 0 Å². The van der Waals surface area contributed by atoms with E-state index in [1.807, 2.05) is 17.0 Å². The van der Waals surface area contributed by atoms with E-state index in [2.05, 4.69) is 44.6 Å². The molecule has 0 spiro atoms. The molecule has 0 aliphatic carbocycles. The molecule has 1 amide bonds. The summed E-state index contributed by atoms with van der Waals surface area (Å²) in [6, 6.07) is 10.4. The fourth-order valence-electron chi connectivity index (χ4n) is 2.91. The highest BCUT2D eigenvalue weighted by molar-refractivity contribution is 14.0. The molecule has 2 heterocycles. The van der Waals surface area contributed by atoms with Crippen molar-refractivity contribution < 1.29 is 4.79 Å². The molecule has 0 bridgehead atoms. The molecule has 26 heavy (non-hydrogen) atoms. The van der Waals surface area contributed by atoms with Crippen molar-refractivity contribution in [1.82, 2.24) is 15.5 Å². The van der Waals surface area contributed by atoms with Crippen molar-refractivity contribution in [3.05, 3.63) is 57.8 Å². The maximum Gasteiger partial charge on any atom is 0.223 e. The minimum Gasteiger partial charge on any atom is -0.356 e. The number of nitrogens with one attached hydrogen (secondary N) is 2. The highest BCUT2D eigenvalue weighted by Gasteiger charge is 2.22. The SMILES string of the molecule is CN=C(NCCCC(=O)N1Cc2ccccc2C1)NCc1ccsc1.I. The number of halogens is 1. The van der Waals surface area contributed by atoms with Crippen molar-refractivity contribution in [3.63, 3.8) is 0 Å². The van der Waals surface area contributed by atoms with Crippen LogP contribution in [0.25, 0.3) is 0 Å². The van der Waals surface area contributed by atoms with Gasteiger partial charge >= 0.3 is 0 Å². The molecule has 1 aliphatic heterocycles. The summed E-state index contributed by atoms with van der Waals surface area (Å²) in [5.41, 5.74) is 3.79. The summed E-state index contributed by atoms with van der Waals surface area (Å²) in [5.74, 6) is 0.992. The molecule has 2 aromatic rings. The molecular weight excluding hydrogens is 459 g/mol. The monoisotopic (exact) mass is 484 g/mol. The number of amides is 1. The Hall–Kier alpha value is -1.61. The Bertz CT molecular complexity index is 708. The summed E-state index contributed by atoms with van der Waals surface area (Å²) in [7, 11) is 1.76. The van der Waals surface area contributed by atoms with E-state index in [0.29, 0.717) is 6.42 Å². The van der Waals surface area contributed by atoms with E-state index in [9.17, 15) is 4.79 Å². The maximum atomic E-state index is 12.4. The third-order valence-electron chi connectivity index (χ3n) is 4.32. The van der Waals surface area contributed by atoms with Gasteiger partial charge in [-0.05, 0) is 39.9 Å². The van der Waals surface area contributed by atoms with Crippen molar-refractivity contribution in [2.45, 2.75) is 32.5 Å². The average Bonchev–Trinajstić information content (AvgIpc) is 3.30. The van der Waals surface area contributed by atoms with Crippen LogP contribution < -0.4 is 10.6 Å². The van der Waals surface area contributed by atoms with Crippen molar-refractivity contribution in [3.8, 4) is 0 Å². The summed E-state index contributed by atoms with van der Waals surface area (Å²) in [6.45, 7) is 2.97. The second kappa shape index (κ2) is 10.5. The molecular formula is C19H25IN4OS. The van der Waals surface area contributed by atoms with Gasteiger partial charge in [-0.25, -0.2) is 0 Å². The lowest BCUT2D eigenvalue weighted by atomic mass is 10.1. The Morgan fingerprint density at radius 1 is 1.19 bits per heavy atom. The minimum atomic E-state index is 0. The topological polar surface area (TPSA) is 56.7 Å². The second-order valence-corrected chi connectivity index (χ2v) is 6.89. The first-order valence-corrected chi connectivity index (χ1v) is 9.50. The Morgan fingerprint density at radius 2 is 1.92 bits per heavy atom. The van der Waals surface area contributed by atoms with Crippen molar-refractivity contribution in [2.24, 2.45) is 4.99 Å². The molecule has 0 saturated heterocycles. The Morgan fingerprint density at radius 3 is 2.54 bits per heavy atom. The smallest absolute Gasteiger partial charge is 0.223 e. The lowest BCUT2D eigenvalue weighted by Gasteiger charge is -2.16. The molecule has 1 aromatic heterocycles. The predicted molar refractivity (Wildman–Crippen MR) is 118 cm³/mol. The summed E-state index contributed by atoms with van der Waals surface area (Å²) in [6.07, 6.45) is 1.35. The number of nitrogens with zero attached hydrogens (tertiary/aromatic N) is 2. The molecule has 2 N–H and O–H groups in total. The number of fused-ring (bicyclic) bond motifs is 1. The van der Waals surface area contributed by atoms with E-state index in [1.165, 1.54) is 16.7 Å². The number of carbonyl (C=O) groups is 1. The molecule has 7 heteroatoms. The number of guanidine groups is 1. The first kappa shape index (κ1) is 20.7. The van der Waals surface area contributed by atoms with E-state index in [1.54, 1.807) is 18.4 Å². The van der Waals surface area contributed by atoms with Gasteiger partial charge in [0, 0.05) is 39.6 Å². The number of benzene rings is 1. The van der Waals surface area contributed by atoms with Crippen LogP contribution in [-0.4, -0.2) is 30.4 Å². The van der Waals surface area contributed by atoms with Crippen LogP contribution in [0.15, 0.2) is 46.1 Å².